The molecular formula is C26H27N5O4. The van der Waals surface area contributed by atoms with E-state index in [4.69, 9.17) is 9.47 Å². The molecule has 0 aliphatic carbocycles. The lowest BCUT2D eigenvalue weighted by Gasteiger charge is -2.14. The fourth-order valence-corrected chi connectivity index (χ4v) is 3.66. The Balaban J connectivity index is 1.69. The van der Waals surface area contributed by atoms with Crippen molar-refractivity contribution in [1.82, 2.24) is 19.9 Å². The molecule has 9 heteroatoms. The second-order valence-corrected chi connectivity index (χ2v) is 7.90. The third-order valence-electron chi connectivity index (χ3n) is 5.51. The van der Waals surface area contributed by atoms with Crippen molar-refractivity contribution < 1.29 is 14.3 Å². The van der Waals surface area contributed by atoms with Crippen LogP contribution >= 0.6 is 0 Å². The molecule has 0 aliphatic heterocycles. The Hall–Kier alpha value is -4.40. The molecule has 0 spiro atoms. The van der Waals surface area contributed by atoms with E-state index in [-0.39, 0.29) is 18.0 Å². The zero-order valence-electron chi connectivity index (χ0n) is 19.9. The number of aromatic nitrogens is 3. The second-order valence-electron chi connectivity index (χ2n) is 7.90. The van der Waals surface area contributed by atoms with Crippen molar-refractivity contribution in [1.29, 1.82) is 0 Å². The van der Waals surface area contributed by atoms with E-state index in [1.165, 1.54) is 6.92 Å². The molecule has 4 aromatic rings. The number of carbonyl (C=O) groups is 1. The minimum atomic E-state index is -0.278. The first-order valence-electron chi connectivity index (χ1n) is 11.1. The third-order valence-corrected chi connectivity index (χ3v) is 5.51. The van der Waals surface area contributed by atoms with Gasteiger partial charge < -0.3 is 20.1 Å². The summed E-state index contributed by atoms with van der Waals surface area (Å²) in [5.74, 6) is 1.32. The van der Waals surface area contributed by atoms with Crippen molar-refractivity contribution >= 4 is 22.8 Å². The van der Waals surface area contributed by atoms with E-state index in [9.17, 15) is 9.59 Å². The maximum Gasteiger partial charge on any atom is 0.278 e. The Morgan fingerprint density at radius 3 is 2.29 bits per heavy atom. The number of rotatable bonds is 9. The number of carbonyl (C=O) groups excluding carboxylic acids is 1. The van der Waals surface area contributed by atoms with Crippen molar-refractivity contribution in [3.63, 3.8) is 0 Å². The molecule has 0 saturated heterocycles. The lowest BCUT2D eigenvalue weighted by Crippen LogP contribution is -2.31. The van der Waals surface area contributed by atoms with Gasteiger partial charge in [0.05, 0.1) is 26.1 Å². The van der Waals surface area contributed by atoms with Crippen molar-refractivity contribution in [2.45, 2.75) is 20.0 Å². The molecule has 0 saturated carbocycles. The van der Waals surface area contributed by atoms with E-state index in [1.807, 2.05) is 30.3 Å². The van der Waals surface area contributed by atoms with E-state index in [2.05, 4.69) is 20.6 Å². The average molecular weight is 474 g/mol. The average Bonchev–Trinajstić information content (AvgIpc) is 2.88. The van der Waals surface area contributed by atoms with Crippen molar-refractivity contribution in [3.8, 4) is 22.8 Å². The highest BCUT2D eigenvalue weighted by molar-refractivity contribution is 5.78. The molecule has 2 aromatic carbocycles. The van der Waals surface area contributed by atoms with Crippen LogP contribution in [-0.2, 0) is 17.9 Å². The molecule has 0 aliphatic rings. The Morgan fingerprint density at radius 1 is 1.00 bits per heavy atom. The predicted molar refractivity (Wildman–Crippen MR) is 135 cm³/mol. The van der Waals surface area contributed by atoms with Gasteiger partial charge in [0.2, 0.25) is 5.91 Å². The Morgan fingerprint density at radius 2 is 1.66 bits per heavy atom. The number of fused-ring (bicyclic) bond motifs is 1. The Kier molecular flexibility index (Phi) is 7.25. The number of nitrogens with zero attached hydrogens (tertiary/aromatic N) is 3. The van der Waals surface area contributed by atoms with Gasteiger partial charge >= 0.3 is 0 Å². The predicted octanol–water partition coefficient (Wildman–Crippen LogP) is 3.22. The van der Waals surface area contributed by atoms with Crippen LogP contribution in [0.15, 0.2) is 65.6 Å². The minimum Gasteiger partial charge on any atom is -0.497 e. The highest BCUT2D eigenvalue weighted by Crippen LogP contribution is 2.22. The van der Waals surface area contributed by atoms with E-state index in [1.54, 1.807) is 49.2 Å². The van der Waals surface area contributed by atoms with E-state index < -0.39 is 0 Å². The molecule has 4 rings (SSSR count). The van der Waals surface area contributed by atoms with Gasteiger partial charge in [0.15, 0.2) is 5.65 Å². The van der Waals surface area contributed by atoms with Crippen LogP contribution in [0, 0.1) is 0 Å². The van der Waals surface area contributed by atoms with Crippen LogP contribution < -0.4 is 25.7 Å². The van der Waals surface area contributed by atoms with Gasteiger partial charge in [-0.1, -0.05) is 12.1 Å². The second kappa shape index (κ2) is 10.7. The summed E-state index contributed by atoms with van der Waals surface area (Å²) in [5.41, 5.74) is 3.57. The van der Waals surface area contributed by atoms with Crippen LogP contribution in [-0.4, -0.2) is 41.2 Å². The molecule has 0 radical (unpaired) electrons. The molecular weight excluding hydrogens is 446 g/mol. The molecule has 35 heavy (non-hydrogen) atoms. The fraction of sp³-hybridized carbons (Fsp3) is 0.231. The first-order valence-corrected chi connectivity index (χ1v) is 11.1. The molecule has 1 amide bonds. The summed E-state index contributed by atoms with van der Waals surface area (Å²) in [7, 11) is 3.22. The highest BCUT2D eigenvalue weighted by atomic mass is 16.5. The van der Waals surface area contributed by atoms with Gasteiger partial charge in [-0.05, 0) is 48.0 Å². The standard InChI is InChI=1S/C26H27N5O4/c1-17(32)27-12-13-31-25-23(30-24(26(31)33)19-6-10-22(35-3)11-7-19)14-20(16-29-25)28-15-18-4-8-21(34-2)9-5-18/h4-11,14,16,28H,12-13,15H2,1-3H3,(H,27,32). The molecule has 0 unspecified atom stereocenters. The van der Waals surface area contributed by atoms with E-state index in [0.717, 1.165) is 17.0 Å². The lowest BCUT2D eigenvalue weighted by molar-refractivity contribution is -0.118. The fourth-order valence-electron chi connectivity index (χ4n) is 3.66. The van der Waals surface area contributed by atoms with Crippen molar-refractivity contribution in [2.24, 2.45) is 0 Å². The molecule has 0 fully saturated rings. The summed E-state index contributed by atoms with van der Waals surface area (Å²) in [4.78, 5) is 33.9. The molecule has 0 atom stereocenters. The van der Waals surface area contributed by atoms with Gasteiger partial charge in [-0.25, -0.2) is 9.97 Å². The summed E-state index contributed by atoms with van der Waals surface area (Å²) < 4.78 is 12.0. The zero-order valence-corrected chi connectivity index (χ0v) is 19.9. The number of pyridine rings is 1. The summed E-state index contributed by atoms with van der Waals surface area (Å²) in [6.07, 6.45) is 1.68. The van der Waals surface area contributed by atoms with Crippen LogP contribution in [0.3, 0.4) is 0 Å². The third kappa shape index (κ3) is 5.57. The summed E-state index contributed by atoms with van der Waals surface area (Å²) in [5, 5.41) is 6.09. The van der Waals surface area contributed by atoms with Crippen LogP contribution in [0.2, 0.25) is 0 Å². The van der Waals surface area contributed by atoms with Crippen LogP contribution in [0.4, 0.5) is 5.69 Å². The topological polar surface area (TPSA) is 107 Å². The number of anilines is 1. The van der Waals surface area contributed by atoms with Crippen molar-refractivity contribution in [2.75, 3.05) is 26.1 Å². The highest BCUT2D eigenvalue weighted by Gasteiger charge is 2.15. The van der Waals surface area contributed by atoms with Gasteiger partial charge in [0, 0.05) is 32.1 Å². The van der Waals surface area contributed by atoms with Crippen molar-refractivity contribution in [3.05, 3.63) is 76.7 Å². The zero-order chi connectivity index (χ0) is 24.8. The minimum absolute atomic E-state index is 0.162. The maximum atomic E-state index is 13.4. The van der Waals surface area contributed by atoms with Crippen LogP contribution in [0.25, 0.3) is 22.4 Å². The van der Waals surface area contributed by atoms with Gasteiger partial charge in [0.1, 0.15) is 22.7 Å². The Bertz CT molecular complexity index is 1380. The molecule has 9 nitrogen and oxygen atoms in total. The summed E-state index contributed by atoms with van der Waals surface area (Å²) in [6, 6.07) is 16.8. The number of hydrogen-bond acceptors (Lipinski definition) is 7. The number of amides is 1. The Labute approximate surface area is 202 Å². The number of methoxy groups -OCH3 is 2. The van der Waals surface area contributed by atoms with Gasteiger partial charge in [-0.3, -0.25) is 14.2 Å². The molecule has 2 heterocycles. The number of hydrogen-bond donors (Lipinski definition) is 2. The van der Waals surface area contributed by atoms with E-state index >= 15 is 0 Å². The van der Waals surface area contributed by atoms with Crippen LogP contribution in [0.5, 0.6) is 11.5 Å². The smallest absolute Gasteiger partial charge is 0.278 e. The van der Waals surface area contributed by atoms with Gasteiger partial charge in [0.25, 0.3) is 5.56 Å². The van der Waals surface area contributed by atoms with Gasteiger partial charge in [-0.2, -0.15) is 0 Å². The van der Waals surface area contributed by atoms with E-state index in [0.29, 0.717) is 41.3 Å². The maximum absolute atomic E-state index is 13.4. The largest absolute Gasteiger partial charge is 0.497 e. The normalized spacial score (nSPS) is 10.7. The first-order chi connectivity index (χ1) is 17.0. The molecule has 180 valence electrons. The van der Waals surface area contributed by atoms with Crippen LogP contribution in [0.1, 0.15) is 12.5 Å². The summed E-state index contributed by atoms with van der Waals surface area (Å²) in [6.45, 7) is 2.60. The number of ether oxygens (including phenoxy) is 2. The molecule has 2 N–H and O–H groups in total. The lowest BCUT2D eigenvalue weighted by atomic mass is 10.1. The van der Waals surface area contributed by atoms with Gasteiger partial charge in [-0.15, -0.1) is 0 Å². The molecule has 2 aromatic heterocycles. The molecule has 0 bridgehead atoms. The number of benzene rings is 2. The summed E-state index contributed by atoms with van der Waals surface area (Å²) >= 11 is 0. The number of nitrogens with one attached hydrogen (secondary N) is 2. The SMILES string of the molecule is COc1ccc(CNc2cnc3c(c2)nc(-c2ccc(OC)cc2)c(=O)n3CCNC(C)=O)cc1. The monoisotopic (exact) mass is 473 g/mol. The first kappa shape index (κ1) is 23.7. The quantitative estimate of drug-likeness (QED) is 0.384.